The molecule has 2 aromatic carbocycles. The first-order chi connectivity index (χ1) is 18.4. The molecule has 0 bridgehead atoms. The average Bonchev–Trinajstić information content (AvgIpc) is 3.57. The number of fused-ring (bicyclic) bond motifs is 1. The van der Waals surface area contributed by atoms with E-state index in [9.17, 15) is 18.5 Å². The fourth-order valence-electron chi connectivity index (χ4n) is 4.55. The summed E-state index contributed by atoms with van der Waals surface area (Å²) in [5.41, 5.74) is 2.96. The van der Waals surface area contributed by atoms with Crippen LogP contribution in [0.3, 0.4) is 0 Å². The van der Waals surface area contributed by atoms with Crippen LogP contribution >= 0.6 is 0 Å². The van der Waals surface area contributed by atoms with Crippen molar-refractivity contribution in [2.75, 3.05) is 23.3 Å². The molecule has 1 atom stereocenters. The van der Waals surface area contributed by atoms with Crippen LogP contribution in [-0.2, 0) is 21.3 Å². The molecule has 1 unspecified atom stereocenters. The largest absolute Gasteiger partial charge is 0.379 e. The number of aryl methyl sites for hydroxylation is 1. The first-order valence-electron chi connectivity index (χ1n) is 12.1. The minimum atomic E-state index is -3.89. The number of nitriles is 1. The molecule has 1 aliphatic heterocycles. The molecule has 4 N–H and O–H groups in total. The quantitative estimate of drug-likeness (QED) is 0.281. The number of benzene rings is 2. The summed E-state index contributed by atoms with van der Waals surface area (Å²) in [5.74, 6) is 0.583. The van der Waals surface area contributed by atoms with Crippen LogP contribution in [0.25, 0.3) is 10.9 Å². The van der Waals surface area contributed by atoms with Gasteiger partial charge in [0.15, 0.2) is 0 Å². The molecule has 0 aliphatic carbocycles. The minimum Gasteiger partial charge on any atom is -0.379 e. The fraction of sp³-hybridized carbons (Fsp3) is 0.269. The van der Waals surface area contributed by atoms with Gasteiger partial charge in [0.05, 0.1) is 40.5 Å². The Morgan fingerprint density at radius 3 is 2.79 bits per heavy atom. The number of hydrogen-bond acceptors (Lipinski definition) is 6. The number of sulfonamides is 1. The SMILES string of the molecule is Cc1ccc(NS(=O)(=O)c2ccc(CNC(=O)Nc3ccnn3C3CCCOC3)cc2)c2[nH]cc(C#N)c12. The minimum absolute atomic E-state index is 0.0742. The summed E-state index contributed by atoms with van der Waals surface area (Å²) in [5, 5.41) is 19.9. The van der Waals surface area contributed by atoms with Gasteiger partial charge in [-0.05, 0) is 49.1 Å². The Balaban J connectivity index is 1.21. The lowest BCUT2D eigenvalue weighted by Gasteiger charge is -2.24. The number of aromatic nitrogens is 3. The molecule has 1 fully saturated rings. The summed E-state index contributed by atoms with van der Waals surface area (Å²) < 4.78 is 36.0. The molecule has 4 aromatic rings. The Bertz CT molecular complexity index is 1610. The number of ether oxygens (including phenoxy) is 1. The summed E-state index contributed by atoms with van der Waals surface area (Å²) >= 11 is 0. The van der Waals surface area contributed by atoms with Crippen molar-refractivity contribution in [1.82, 2.24) is 20.1 Å². The van der Waals surface area contributed by atoms with E-state index in [2.05, 4.69) is 31.5 Å². The van der Waals surface area contributed by atoms with Gasteiger partial charge < -0.3 is 15.0 Å². The van der Waals surface area contributed by atoms with Crippen LogP contribution in [0.5, 0.6) is 0 Å². The zero-order chi connectivity index (χ0) is 26.7. The lowest BCUT2D eigenvalue weighted by molar-refractivity contribution is 0.0557. The number of urea groups is 1. The second kappa shape index (κ2) is 10.6. The molecule has 2 aromatic heterocycles. The van der Waals surface area contributed by atoms with E-state index in [1.807, 2.05) is 6.92 Å². The van der Waals surface area contributed by atoms with Crippen molar-refractivity contribution in [3.05, 3.63) is 71.5 Å². The molecule has 1 aliphatic rings. The molecule has 38 heavy (non-hydrogen) atoms. The van der Waals surface area contributed by atoms with Gasteiger partial charge in [-0.3, -0.25) is 10.0 Å². The van der Waals surface area contributed by atoms with E-state index >= 15 is 0 Å². The zero-order valence-electron chi connectivity index (χ0n) is 20.7. The molecule has 196 valence electrons. The Morgan fingerprint density at radius 1 is 1.24 bits per heavy atom. The van der Waals surface area contributed by atoms with Crippen molar-refractivity contribution >= 4 is 38.5 Å². The molecule has 11 nitrogen and oxygen atoms in total. The van der Waals surface area contributed by atoms with E-state index in [1.165, 1.54) is 12.1 Å². The first-order valence-corrected chi connectivity index (χ1v) is 13.6. The van der Waals surface area contributed by atoms with Crippen LogP contribution < -0.4 is 15.4 Å². The highest BCUT2D eigenvalue weighted by atomic mass is 32.2. The molecule has 12 heteroatoms. The molecule has 1 saturated heterocycles. The summed E-state index contributed by atoms with van der Waals surface area (Å²) in [6, 6.07) is 13.2. The van der Waals surface area contributed by atoms with E-state index in [1.54, 1.807) is 47.4 Å². The van der Waals surface area contributed by atoms with Crippen molar-refractivity contribution in [3.8, 4) is 6.07 Å². The second-order valence-corrected chi connectivity index (χ2v) is 10.8. The smallest absolute Gasteiger partial charge is 0.320 e. The highest BCUT2D eigenvalue weighted by molar-refractivity contribution is 7.92. The van der Waals surface area contributed by atoms with E-state index < -0.39 is 16.1 Å². The number of anilines is 2. The number of amides is 2. The number of carbonyl (C=O) groups excluding carboxylic acids is 1. The number of hydrogen-bond donors (Lipinski definition) is 4. The molecular formula is C26H27N7O4S. The molecule has 3 heterocycles. The summed E-state index contributed by atoms with van der Waals surface area (Å²) in [7, 11) is -3.89. The number of nitrogens with zero attached hydrogens (tertiary/aromatic N) is 3. The van der Waals surface area contributed by atoms with Crippen molar-refractivity contribution in [2.45, 2.75) is 37.2 Å². The predicted octanol–water partition coefficient (Wildman–Crippen LogP) is 4.02. The van der Waals surface area contributed by atoms with Crippen LogP contribution in [0.1, 0.15) is 35.6 Å². The molecule has 5 rings (SSSR count). The highest BCUT2D eigenvalue weighted by Gasteiger charge is 2.20. The number of rotatable bonds is 7. The number of nitrogens with one attached hydrogen (secondary N) is 4. The van der Waals surface area contributed by atoms with Crippen molar-refractivity contribution in [1.29, 1.82) is 5.26 Å². The number of aromatic amines is 1. The molecule has 0 spiro atoms. The zero-order valence-corrected chi connectivity index (χ0v) is 21.5. The van der Waals surface area contributed by atoms with Gasteiger partial charge in [-0.2, -0.15) is 10.4 Å². The average molecular weight is 534 g/mol. The highest BCUT2D eigenvalue weighted by Crippen LogP contribution is 2.30. The van der Waals surface area contributed by atoms with Crippen molar-refractivity contribution < 1.29 is 17.9 Å². The lowest BCUT2D eigenvalue weighted by atomic mass is 10.1. The van der Waals surface area contributed by atoms with E-state index in [-0.39, 0.29) is 17.5 Å². The molecule has 2 amide bonds. The first kappa shape index (κ1) is 25.3. The number of carbonyl (C=O) groups is 1. The van der Waals surface area contributed by atoms with Gasteiger partial charge in [0.25, 0.3) is 10.0 Å². The Hall–Kier alpha value is -4.34. The normalized spacial score (nSPS) is 15.6. The standard InChI is InChI=1S/C26H27N7O4S/c1-17-4-9-22(25-24(17)19(13-27)15-28-25)32-38(35,36)21-7-5-18(6-8-21)14-29-26(34)31-23-10-11-30-33(23)20-3-2-12-37-16-20/h4-11,15,20,28,32H,2-3,12,14,16H2,1H3,(H2,29,31,34). The van der Waals surface area contributed by atoms with Crippen LogP contribution in [-0.4, -0.2) is 42.4 Å². The van der Waals surface area contributed by atoms with E-state index in [4.69, 9.17) is 4.74 Å². The third-order valence-electron chi connectivity index (χ3n) is 6.49. The molecule has 0 radical (unpaired) electrons. The van der Waals surface area contributed by atoms with Crippen LogP contribution in [0.2, 0.25) is 0 Å². The maximum absolute atomic E-state index is 13.0. The van der Waals surface area contributed by atoms with Gasteiger partial charge in [-0.25, -0.2) is 17.9 Å². The Morgan fingerprint density at radius 2 is 2.05 bits per heavy atom. The third-order valence-corrected chi connectivity index (χ3v) is 7.87. The van der Waals surface area contributed by atoms with Gasteiger partial charge in [0, 0.05) is 30.8 Å². The molecular weight excluding hydrogens is 506 g/mol. The fourth-order valence-corrected chi connectivity index (χ4v) is 5.62. The van der Waals surface area contributed by atoms with Crippen LogP contribution in [0, 0.1) is 18.3 Å². The van der Waals surface area contributed by atoms with Gasteiger partial charge in [0.1, 0.15) is 11.9 Å². The number of H-pyrrole nitrogens is 1. The van der Waals surface area contributed by atoms with Gasteiger partial charge in [-0.15, -0.1) is 0 Å². The summed E-state index contributed by atoms with van der Waals surface area (Å²) in [4.78, 5) is 15.5. The maximum atomic E-state index is 13.0. The van der Waals surface area contributed by atoms with Crippen molar-refractivity contribution in [2.24, 2.45) is 0 Å². The Labute approximate surface area is 219 Å². The van der Waals surface area contributed by atoms with E-state index in [0.717, 1.165) is 30.6 Å². The lowest BCUT2D eigenvalue weighted by Crippen LogP contribution is -2.31. The van der Waals surface area contributed by atoms with Gasteiger partial charge in [0.2, 0.25) is 0 Å². The Kier molecular flexibility index (Phi) is 7.04. The monoisotopic (exact) mass is 533 g/mol. The van der Waals surface area contributed by atoms with Crippen molar-refractivity contribution in [3.63, 3.8) is 0 Å². The van der Waals surface area contributed by atoms with E-state index in [0.29, 0.717) is 34.6 Å². The summed E-state index contributed by atoms with van der Waals surface area (Å²) in [6.45, 7) is 3.37. The topological polar surface area (TPSA) is 154 Å². The van der Waals surface area contributed by atoms with Crippen LogP contribution in [0.15, 0.2) is 59.8 Å². The van der Waals surface area contributed by atoms with Gasteiger partial charge in [-0.1, -0.05) is 18.2 Å². The van der Waals surface area contributed by atoms with Gasteiger partial charge >= 0.3 is 6.03 Å². The second-order valence-electron chi connectivity index (χ2n) is 9.08. The van der Waals surface area contributed by atoms with Crippen LogP contribution in [0.4, 0.5) is 16.3 Å². The summed E-state index contributed by atoms with van der Waals surface area (Å²) in [6.07, 6.45) is 5.08. The molecule has 0 saturated carbocycles. The predicted molar refractivity (Wildman–Crippen MR) is 142 cm³/mol. The maximum Gasteiger partial charge on any atom is 0.320 e. The third kappa shape index (κ3) is 5.20.